The molecule has 1 aliphatic rings. The van der Waals surface area contributed by atoms with Crippen LogP contribution >= 0.6 is 15.9 Å². The van der Waals surface area contributed by atoms with Crippen molar-refractivity contribution in [2.24, 2.45) is 5.73 Å². The zero-order chi connectivity index (χ0) is 13.1. The van der Waals surface area contributed by atoms with Gasteiger partial charge in [0.15, 0.2) is 0 Å². The predicted octanol–water partition coefficient (Wildman–Crippen LogP) is 0.960. The van der Waals surface area contributed by atoms with Crippen LogP contribution in [0.25, 0.3) is 0 Å². The van der Waals surface area contributed by atoms with Crippen molar-refractivity contribution in [1.82, 2.24) is 14.8 Å². The van der Waals surface area contributed by atoms with Gasteiger partial charge in [0.25, 0.3) is 0 Å². The first-order valence-corrected chi connectivity index (χ1v) is 7.10. The maximum Gasteiger partial charge on any atom is 0.0420 e. The van der Waals surface area contributed by atoms with Gasteiger partial charge in [0.2, 0.25) is 0 Å². The molecule has 0 aliphatic carbocycles. The van der Waals surface area contributed by atoms with E-state index in [1.54, 1.807) is 0 Å². The summed E-state index contributed by atoms with van der Waals surface area (Å²) in [6.07, 6.45) is 2.66. The molecule has 1 aromatic rings. The first-order valence-electron chi connectivity index (χ1n) is 6.31. The topological polar surface area (TPSA) is 45.4 Å². The number of aromatic nitrogens is 1. The minimum atomic E-state index is 0.131. The Balaban J connectivity index is 1.98. The van der Waals surface area contributed by atoms with Gasteiger partial charge in [-0.2, -0.15) is 0 Å². The van der Waals surface area contributed by atoms with Crippen LogP contribution in [0.15, 0.2) is 22.8 Å². The van der Waals surface area contributed by atoms with Gasteiger partial charge in [-0.1, -0.05) is 0 Å². The van der Waals surface area contributed by atoms with E-state index < -0.39 is 0 Å². The lowest BCUT2D eigenvalue weighted by atomic mass is 10.00. The van der Waals surface area contributed by atoms with Crippen molar-refractivity contribution in [1.29, 1.82) is 0 Å². The van der Waals surface area contributed by atoms with Crippen LogP contribution in [0.2, 0.25) is 0 Å². The quantitative estimate of drug-likeness (QED) is 0.903. The molecule has 18 heavy (non-hydrogen) atoms. The van der Waals surface area contributed by atoms with Crippen LogP contribution in [0.4, 0.5) is 0 Å². The van der Waals surface area contributed by atoms with Crippen molar-refractivity contribution in [2.45, 2.75) is 18.5 Å². The largest absolute Gasteiger partial charge is 0.326 e. The van der Waals surface area contributed by atoms with Crippen molar-refractivity contribution >= 4 is 15.9 Å². The van der Waals surface area contributed by atoms with Gasteiger partial charge in [0.1, 0.15) is 0 Å². The van der Waals surface area contributed by atoms with Gasteiger partial charge in [-0.25, -0.2) is 0 Å². The zero-order valence-corrected chi connectivity index (χ0v) is 12.6. The summed E-state index contributed by atoms with van der Waals surface area (Å²) < 4.78 is 1.01. The fraction of sp³-hybridized carbons (Fsp3) is 0.615. The molecule has 0 aromatic carbocycles. The van der Waals surface area contributed by atoms with Gasteiger partial charge in [-0.3, -0.25) is 9.88 Å². The van der Waals surface area contributed by atoms with Gasteiger partial charge in [-0.05, 0) is 42.2 Å². The molecule has 0 spiro atoms. The number of nitrogens with zero attached hydrogens (tertiary/aromatic N) is 3. The van der Waals surface area contributed by atoms with Crippen molar-refractivity contribution in [2.75, 3.05) is 33.7 Å². The molecule has 100 valence electrons. The Labute approximate surface area is 117 Å². The SMILES string of the molecule is CN1CCN(C)C(C(N)Cc2ccc(Br)cn2)C1. The van der Waals surface area contributed by atoms with E-state index in [1.165, 1.54) is 0 Å². The number of rotatable bonds is 3. The summed E-state index contributed by atoms with van der Waals surface area (Å²) in [5.41, 5.74) is 7.41. The molecule has 1 saturated heterocycles. The molecular formula is C13H21BrN4. The Morgan fingerprint density at radius 1 is 1.44 bits per heavy atom. The second-order valence-corrected chi connectivity index (χ2v) is 6.06. The molecule has 2 heterocycles. The Morgan fingerprint density at radius 2 is 2.22 bits per heavy atom. The summed E-state index contributed by atoms with van der Waals surface area (Å²) in [4.78, 5) is 9.11. The van der Waals surface area contributed by atoms with Gasteiger partial charge < -0.3 is 10.6 Å². The number of piperazine rings is 1. The Morgan fingerprint density at radius 3 is 2.89 bits per heavy atom. The third-order valence-corrected chi connectivity index (χ3v) is 4.10. The van der Waals surface area contributed by atoms with E-state index >= 15 is 0 Å². The summed E-state index contributed by atoms with van der Waals surface area (Å²) in [6.45, 7) is 3.24. The lowest BCUT2D eigenvalue weighted by Crippen LogP contribution is -2.58. The zero-order valence-electron chi connectivity index (χ0n) is 11.0. The normalized spacial score (nSPS) is 24.1. The summed E-state index contributed by atoms with van der Waals surface area (Å²) >= 11 is 3.40. The van der Waals surface area contributed by atoms with E-state index in [9.17, 15) is 0 Å². The predicted molar refractivity (Wildman–Crippen MR) is 77.5 cm³/mol. The molecule has 0 saturated carbocycles. The highest BCUT2D eigenvalue weighted by molar-refractivity contribution is 9.10. The second kappa shape index (κ2) is 6.10. The Hall–Kier alpha value is -0.490. The molecule has 4 nitrogen and oxygen atoms in total. The number of likely N-dealkylation sites (N-methyl/N-ethyl adjacent to an activating group) is 2. The Kier molecular flexibility index (Phi) is 4.72. The molecule has 2 N–H and O–H groups in total. The number of pyridine rings is 1. The van der Waals surface area contributed by atoms with Crippen LogP contribution in [-0.2, 0) is 6.42 Å². The monoisotopic (exact) mass is 312 g/mol. The average molecular weight is 313 g/mol. The first kappa shape index (κ1) is 13.9. The summed E-state index contributed by atoms with van der Waals surface area (Å²) in [7, 11) is 4.32. The molecule has 1 fully saturated rings. The maximum atomic E-state index is 6.35. The van der Waals surface area contributed by atoms with E-state index in [4.69, 9.17) is 5.73 Å². The average Bonchev–Trinajstić information content (AvgIpc) is 2.35. The van der Waals surface area contributed by atoms with Crippen molar-refractivity contribution < 1.29 is 0 Å². The van der Waals surface area contributed by atoms with Crippen molar-refractivity contribution in [3.05, 3.63) is 28.5 Å². The minimum Gasteiger partial charge on any atom is -0.326 e. The van der Waals surface area contributed by atoms with Gasteiger partial charge in [0, 0.05) is 54.5 Å². The van der Waals surface area contributed by atoms with Crippen molar-refractivity contribution in [3.8, 4) is 0 Å². The van der Waals surface area contributed by atoms with E-state index in [1.807, 2.05) is 18.3 Å². The smallest absolute Gasteiger partial charge is 0.0420 e. The highest BCUT2D eigenvalue weighted by Gasteiger charge is 2.27. The van der Waals surface area contributed by atoms with E-state index in [0.717, 1.165) is 36.2 Å². The number of nitrogens with two attached hydrogens (primary N) is 1. The first-order chi connectivity index (χ1) is 8.56. The number of hydrogen-bond donors (Lipinski definition) is 1. The standard InChI is InChI=1S/C13H21BrN4/c1-17-5-6-18(2)13(9-17)12(15)7-11-4-3-10(14)8-16-11/h3-4,8,12-13H,5-7,9,15H2,1-2H3. The van der Waals surface area contributed by atoms with E-state index in [-0.39, 0.29) is 6.04 Å². The van der Waals surface area contributed by atoms with Crippen LogP contribution in [0.1, 0.15) is 5.69 Å². The lowest BCUT2D eigenvalue weighted by Gasteiger charge is -2.40. The van der Waals surface area contributed by atoms with Gasteiger partial charge in [-0.15, -0.1) is 0 Å². The molecule has 5 heteroatoms. The summed E-state index contributed by atoms with van der Waals surface area (Å²) in [6, 6.07) is 4.60. The Bertz CT molecular complexity index is 381. The van der Waals surface area contributed by atoms with Gasteiger partial charge >= 0.3 is 0 Å². The third kappa shape index (κ3) is 3.51. The minimum absolute atomic E-state index is 0.131. The lowest BCUT2D eigenvalue weighted by molar-refractivity contribution is 0.0971. The fourth-order valence-corrected chi connectivity index (χ4v) is 2.65. The van der Waals surface area contributed by atoms with Crippen LogP contribution < -0.4 is 5.73 Å². The van der Waals surface area contributed by atoms with Crippen LogP contribution in [0, 0.1) is 0 Å². The molecule has 0 radical (unpaired) electrons. The highest BCUT2D eigenvalue weighted by atomic mass is 79.9. The van der Waals surface area contributed by atoms with E-state index in [0.29, 0.717) is 6.04 Å². The molecule has 1 aromatic heterocycles. The maximum absolute atomic E-state index is 6.35. The number of halogens is 1. The summed E-state index contributed by atoms with van der Waals surface area (Å²) in [5.74, 6) is 0. The second-order valence-electron chi connectivity index (χ2n) is 5.15. The molecule has 2 unspecified atom stereocenters. The number of hydrogen-bond acceptors (Lipinski definition) is 4. The van der Waals surface area contributed by atoms with Crippen LogP contribution in [-0.4, -0.2) is 60.6 Å². The van der Waals surface area contributed by atoms with Gasteiger partial charge in [0.05, 0.1) is 0 Å². The molecular weight excluding hydrogens is 292 g/mol. The molecule has 2 atom stereocenters. The molecule has 0 amide bonds. The molecule has 1 aliphatic heterocycles. The highest BCUT2D eigenvalue weighted by Crippen LogP contribution is 2.13. The summed E-state index contributed by atoms with van der Waals surface area (Å²) in [5, 5.41) is 0. The third-order valence-electron chi connectivity index (χ3n) is 3.63. The van der Waals surface area contributed by atoms with Crippen molar-refractivity contribution in [3.63, 3.8) is 0 Å². The van der Waals surface area contributed by atoms with Crippen LogP contribution in [0.3, 0.4) is 0 Å². The van der Waals surface area contributed by atoms with Crippen LogP contribution in [0.5, 0.6) is 0 Å². The van der Waals surface area contributed by atoms with E-state index in [2.05, 4.69) is 44.8 Å². The molecule has 2 rings (SSSR count). The fourth-order valence-electron chi connectivity index (χ4n) is 2.41. The molecule has 0 bridgehead atoms.